The summed E-state index contributed by atoms with van der Waals surface area (Å²) in [4.78, 5) is 24.9. The van der Waals surface area contributed by atoms with Crippen molar-refractivity contribution < 1.29 is 22.8 Å². The van der Waals surface area contributed by atoms with Crippen molar-refractivity contribution in [3.8, 4) is 0 Å². The predicted octanol–water partition coefficient (Wildman–Crippen LogP) is 4.15. The Morgan fingerprint density at radius 1 is 1.29 bits per heavy atom. The van der Waals surface area contributed by atoms with Gasteiger partial charge in [-0.05, 0) is 42.0 Å². The Hall–Kier alpha value is -1.76. The molecule has 1 saturated heterocycles. The van der Waals surface area contributed by atoms with Crippen LogP contribution in [0, 0.1) is 0 Å². The average molecular weight is 315 g/mol. The SMILES string of the molecule is CCCN1C(=O)S/C(=C/c2cccc(C(F)(F)F)c2)C1=O. The summed E-state index contributed by atoms with van der Waals surface area (Å²) in [5, 5.41) is -0.389. The van der Waals surface area contributed by atoms with Crippen LogP contribution in [0.4, 0.5) is 18.0 Å². The molecule has 1 heterocycles. The molecule has 7 heteroatoms. The summed E-state index contributed by atoms with van der Waals surface area (Å²) < 4.78 is 37.9. The lowest BCUT2D eigenvalue weighted by molar-refractivity contribution is -0.137. The van der Waals surface area contributed by atoms with Crippen molar-refractivity contribution in [2.45, 2.75) is 19.5 Å². The Morgan fingerprint density at radius 3 is 2.62 bits per heavy atom. The van der Waals surface area contributed by atoms with E-state index in [1.807, 2.05) is 6.92 Å². The summed E-state index contributed by atoms with van der Waals surface area (Å²) in [7, 11) is 0. The van der Waals surface area contributed by atoms with E-state index >= 15 is 0 Å². The van der Waals surface area contributed by atoms with E-state index < -0.39 is 17.6 Å². The van der Waals surface area contributed by atoms with E-state index in [1.54, 1.807) is 0 Å². The van der Waals surface area contributed by atoms with Crippen molar-refractivity contribution >= 4 is 29.0 Å². The minimum atomic E-state index is -4.44. The Morgan fingerprint density at radius 2 is 2.00 bits per heavy atom. The molecule has 0 saturated carbocycles. The van der Waals surface area contributed by atoms with Crippen molar-refractivity contribution in [1.29, 1.82) is 0 Å². The monoisotopic (exact) mass is 315 g/mol. The summed E-state index contributed by atoms with van der Waals surface area (Å²) in [6.07, 6.45) is -2.49. The van der Waals surface area contributed by atoms with Crippen molar-refractivity contribution in [2.75, 3.05) is 6.54 Å². The first-order valence-electron chi connectivity index (χ1n) is 6.25. The van der Waals surface area contributed by atoms with Gasteiger partial charge in [0.1, 0.15) is 0 Å². The van der Waals surface area contributed by atoms with Gasteiger partial charge in [-0.2, -0.15) is 13.2 Å². The minimum absolute atomic E-state index is 0.146. The van der Waals surface area contributed by atoms with Crippen LogP contribution in [0.1, 0.15) is 24.5 Å². The molecule has 0 radical (unpaired) electrons. The molecular formula is C14H12F3NO2S. The second-order valence-electron chi connectivity index (χ2n) is 4.46. The second-order valence-corrected chi connectivity index (χ2v) is 5.45. The van der Waals surface area contributed by atoms with Crippen LogP contribution >= 0.6 is 11.8 Å². The number of benzene rings is 1. The molecule has 0 aliphatic carbocycles. The van der Waals surface area contributed by atoms with E-state index in [9.17, 15) is 22.8 Å². The third kappa shape index (κ3) is 3.47. The maximum absolute atomic E-state index is 12.6. The zero-order valence-electron chi connectivity index (χ0n) is 11.1. The van der Waals surface area contributed by atoms with E-state index in [2.05, 4.69) is 0 Å². The maximum Gasteiger partial charge on any atom is 0.416 e. The van der Waals surface area contributed by atoms with Crippen LogP contribution in [-0.4, -0.2) is 22.6 Å². The molecule has 0 spiro atoms. The zero-order chi connectivity index (χ0) is 15.6. The number of halogens is 3. The summed E-state index contributed by atoms with van der Waals surface area (Å²) in [5.74, 6) is -0.454. The number of rotatable bonds is 3. The smallest absolute Gasteiger partial charge is 0.268 e. The molecule has 1 aromatic rings. The number of hydrogen-bond donors (Lipinski definition) is 0. The van der Waals surface area contributed by atoms with Gasteiger partial charge < -0.3 is 0 Å². The Balaban J connectivity index is 2.29. The molecule has 0 unspecified atom stereocenters. The van der Waals surface area contributed by atoms with Gasteiger partial charge in [-0.15, -0.1) is 0 Å². The highest BCUT2D eigenvalue weighted by molar-refractivity contribution is 8.18. The highest BCUT2D eigenvalue weighted by Crippen LogP contribution is 2.34. The molecular weight excluding hydrogens is 303 g/mol. The summed E-state index contributed by atoms with van der Waals surface area (Å²) in [6, 6.07) is 4.64. The van der Waals surface area contributed by atoms with E-state index in [0.29, 0.717) is 13.0 Å². The standard InChI is InChI=1S/C14H12F3NO2S/c1-2-6-18-12(19)11(21-13(18)20)8-9-4-3-5-10(7-9)14(15,16)17/h3-5,7-8H,2,6H2,1H3/b11-8+. The molecule has 3 nitrogen and oxygen atoms in total. The number of amides is 2. The van der Waals surface area contributed by atoms with Gasteiger partial charge in [-0.25, -0.2) is 0 Å². The summed E-state index contributed by atoms with van der Waals surface area (Å²) in [6.45, 7) is 2.14. The number of hydrogen-bond acceptors (Lipinski definition) is 3. The maximum atomic E-state index is 12.6. The molecule has 2 rings (SSSR count). The lowest BCUT2D eigenvalue weighted by Gasteiger charge is -2.09. The fourth-order valence-electron chi connectivity index (χ4n) is 1.87. The van der Waals surface area contributed by atoms with Crippen LogP contribution in [0.3, 0.4) is 0 Å². The van der Waals surface area contributed by atoms with Crippen LogP contribution < -0.4 is 0 Å². The van der Waals surface area contributed by atoms with Crippen LogP contribution in [0.5, 0.6) is 0 Å². The first-order valence-corrected chi connectivity index (χ1v) is 7.07. The first kappa shape index (κ1) is 15.6. The number of nitrogens with zero attached hydrogens (tertiary/aromatic N) is 1. The quantitative estimate of drug-likeness (QED) is 0.786. The molecule has 1 aliphatic heterocycles. The molecule has 1 aromatic carbocycles. The van der Waals surface area contributed by atoms with Crippen LogP contribution in [0.2, 0.25) is 0 Å². The van der Waals surface area contributed by atoms with Gasteiger partial charge in [0.2, 0.25) is 0 Å². The molecule has 112 valence electrons. The molecule has 0 bridgehead atoms. The van der Waals surface area contributed by atoms with Crippen molar-refractivity contribution in [3.63, 3.8) is 0 Å². The third-order valence-electron chi connectivity index (χ3n) is 2.83. The molecule has 0 atom stereocenters. The fraction of sp³-hybridized carbons (Fsp3) is 0.286. The lowest BCUT2D eigenvalue weighted by Crippen LogP contribution is -2.28. The number of alkyl halides is 3. The van der Waals surface area contributed by atoms with E-state index in [1.165, 1.54) is 18.2 Å². The number of carbonyl (C=O) groups is 2. The number of carbonyl (C=O) groups excluding carboxylic acids is 2. The predicted molar refractivity (Wildman–Crippen MR) is 74.4 cm³/mol. The molecule has 0 aromatic heterocycles. The van der Waals surface area contributed by atoms with E-state index in [0.717, 1.165) is 28.8 Å². The summed E-state index contributed by atoms with van der Waals surface area (Å²) in [5.41, 5.74) is -0.545. The highest BCUT2D eigenvalue weighted by Gasteiger charge is 2.34. The molecule has 2 amide bonds. The average Bonchev–Trinajstić information content (AvgIpc) is 2.66. The van der Waals surface area contributed by atoms with Gasteiger partial charge >= 0.3 is 6.18 Å². The largest absolute Gasteiger partial charge is 0.416 e. The van der Waals surface area contributed by atoms with Crippen molar-refractivity contribution in [2.24, 2.45) is 0 Å². The van der Waals surface area contributed by atoms with Crippen molar-refractivity contribution in [3.05, 3.63) is 40.3 Å². The summed E-state index contributed by atoms with van der Waals surface area (Å²) >= 11 is 0.747. The molecule has 1 aliphatic rings. The van der Waals surface area contributed by atoms with Gasteiger partial charge in [-0.1, -0.05) is 19.1 Å². The van der Waals surface area contributed by atoms with Gasteiger partial charge in [-0.3, -0.25) is 14.5 Å². The van der Waals surface area contributed by atoms with E-state index in [-0.39, 0.29) is 15.7 Å². The molecule has 1 fully saturated rings. The van der Waals surface area contributed by atoms with Crippen molar-refractivity contribution in [1.82, 2.24) is 4.90 Å². The van der Waals surface area contributed by atoms with Crippen LogP contribution in [-0.2, 0) is 11.0 Å². The normalized spacial score (nSPS) is 17.9. The molecule has 0 N–H and O–H groups in total. The molecule has 21 heavy (non-hydrogen) atoms. The number of imide groups is 1. The van der Waals surface area contributed by atoms with E-state index in [4.69, 9.17) is 0 Å². The lowest BCUT2D eigenvalue weighted by atomic mass is 10.1. The second kappa shape index (κ2) is 5.93. The Labute approximate surface area is 123 Å². The topological polar surface area (TPSA) is 37.4 Å². The minimum Gasteiger partial charge on any atom is -0.268 e. The van der Waals surface area contributed by atoms with Crippen LogP contribution in [0.25, 0.3) is 6.08 Å². The number of thioether (sulfide) groups is 1. The Bertz CT molecular complexity index is 610. The van der Waals surface area contributed by atoms with Gasteiger partial charge in [0.05, 0.1) is 10.5 Å². The van der Waals surface area contributed by atoms with Gasteiger partial charge in [0.25, 0.3) is 11.1 Å². The zero-order valence-corrected chi connectivity index (χ0v) is 11.9. The first-order chi connectivity index (χ1) is 9.82. The van der Waals surface area contributed by atoms with Crippen LogP contribution in [0.15, 0.2) is 29.2 Å². The third-order valence-corrected chi connectivity index (χ3v) is 3.74. The Kier molecular flexibility index (Phi) is 4.41. The van der Waals surface area contributed by atoms with Gasteiger partial charge in [0.15, 0.2) is 0 Å². The highest BCUT2D eigenvalue weighted by atomic mass is 32.2. The van der Waals surface area contributed by atoms with Gasteiger partial charge in [0, 0.05) is 6.54 Å². The fourth-order valence-corrected chi connectivity index (χ4v) is 2.74.